The summed E-state index contributed by atoms with van der Waals surface area (Å²) in [7, 11) is 0. The molecular weight excluding hydrogens is 274 g/mol. The van der Waals surface area contributed by atoms with E-state index in [1.165, 1.54) is 0 Å². The molecule has 1 aliphatic rings. The second-order valence-corrected chi connectivity index (χ2v) is 5.38. The van der Waals surface area contributed by atoms with Crippen molar-refractivity contribution in [2.24, 2.45) is 0 Å². The number of benzene rings is 3. The molecule has 0 saturated heterocycles. The maximum atomic E-state index is 12.3. The van der Waals surface area contributed by atoms with Crippen LogP contribution in [0, 0.1) is 0 Å². The number of fused-ring (bicyclic) bond motifs is 2. The van der Waals surface area contributed by atoms with E-state index in [2.05, 4.69) is 0 Å². The standard InChI is InChI=1S/C19H13NO2/c21-18-16-10-3-4-11-17(16)20(19(18)22)12-14-8-5-7-13-6-1-2-9-15(13)14/h1-11H,12H2. The van der Waals surface area contributed by atoms with Gasteiger partial charge in [0.05, 0.1) is 17.8 Å². The Morgan fingerprint density at radius 3 is 2.41 bits per heavy atom. The summed E-state index contributed by atoms with van der Waals surface area (Å²) in [6.45, 7) is 0.406. The Bertz CT molecular complexity index is 909. The van der Waals surface area contributed by atoms with Crippen LogP contribution in [-0.2, 0) is 11.3 Å². The van der Waals surface area contributed by atoms with E-state index in [4.69, 9.17) is 0 Å². The van der Waals surface area contributed by atoms with Crippen molar-refractivity contribution in [1.29, 1.82) is 0 Å². The van der Waals surface area contributed by atoms with Gasteiger partial charge in [0, 0.05) is 0 Å². The normalized spacial score (nSPS) is 13.7. The Kier molecular flexibility index (Phi) is 2.79. The number of rotatable bonds is 2. The molecule has 1 aliphatic heterocycles. The monoisotopic (exact) mass is 287 g/mol. The molecule has 106 valence electrons. The highest BCUT2D eigenvalue weighted by atomic mass is 16.2. The maximum Gasteiger partial charge on any atom is 0.299 e. The van der Waals surface area contributed by atoms with E-state index in [1.54, 1.807) is 17.0 Å². The van der Waals surface area contributed by atoms with Crippen LogP contribution in [-0.4, -0.2) is 11.7 Å². The fraction of sp³-hybridized carbons (Fsp3) is 0.0526. The summed E-state index contributed by atoms with van der Waals surface area (Å²) in [4.78, 5) is 25.9. The first-order valence-electron chi connectivity index (χ1n) is 7.17. The first-order valence-corrected chi connectivity index (χ1v) is 7.17. The number of hydrogen-bond acceptors (Lipinski definition) is 2. The van der Waals surface area contributed by atoms with Crippen molar-refractivity contribution in [3.05, 3.63) is 77.9 Å². The van der Waals surface area contributed by atoms with Crippen LogP contribution in [0.1, 0.15) is 15.9 Å². The lowest BCUT2D eigenvalue weighted by atomic mass is 10.0. The van der Waals surface area contributed by atoms with Crippen molar-refractivity contribution in [3.8, 4) is 0 Å². The topological polar surface area (TPSA) is 37.4 Å². The van der Waals surface area contributed by atoms with Gasteiger partial charge < -0.3 is 4.90 Å². The Hall–Kier alpha value is -2.94. The Labute approximate surface area is 127 Å². The number of ketones is 1. The van der Waals surface area contributed by atoms with Crippen LogP contribution < -0.4 is 4.90 Å². The highest BCUT2D eigenvalue weighted by molar-refractivity contribution is 6.52. The number of nitrogens with zero attached hydrogens (tertiary/aromatic N) is 1. The zero-order chi connectivity index (χ0) is 15.1. The summed E-state index contributed by atoms with van der Waals surface area (Å²) < 4.78 is 0. The molecule has 0 aromatic heterocycles. The van der Waals surface area contributed by atoms with Gasteiger partial charge in [0.1, 0.15) is 0 Å². The predicted octanol–water partition coefficient (Wildman–Crippen LogP) is 3.57. The third-order valence-corrected chi connectivity index (χ3v) is 4.09. The van der Waals surface area contributed by atoms with Gasteiger partial charge in [-0.2, -0.15) is 0 Å². The van der Waals surface area contributed by atoms with Gasteiger partial charge in [-0.15, -0.1) is 0 Å². The molecule has 0 spiro atoms. The van der Waals surface area contributed by atoms with Crippen molar-refractivity contribution < 1.29 is 9.59 Å². The van der Waals surface area contributed by atoms with Crippen molar-refractivity contribution in [2.75, 3.05) is 4.90 Å². The molecular formula is C19H13NO2. The fourth-order valence-electron chi connectivity index (χ4n) is 3.01. The third-order valence-electron chi connectivity index (χ3n) is 4.09. The molecule has 3 aromatic rings. The van der Waals surface area contributed by atoms with E-state index < -0.39 is 11.7 Å². The number of anilines is 1. The zero-order valence-electron chi connectivity index (χ0n) is 11.8. The average molecular weight is 287 g/mol. The molecule has 0 atom stereocenters. The van der Waals surface area contributed by atoms with E-state index in [9.17, 15) is 9.59 Å². The molecule has 22 heavy (non-hydrogen) atoms. The SMILES string of the molecule is O=C1C(=O)N(Cc2cccc3ccccc23)c2ccccc21. The van der Waals surface area contributed by atoms with Crippen molar-refractivity contribution in [2.45, 2.75) is 6.54 Å². The van der Waals surface area contributed by atoms with E-state index in [0.29, 0.717) is 17.8 Å². The first-order chi connectivity index (χ1) is 10.8. The molecule has 0 fully saturated rings. The lowest BCUT2D eigenvalue weighted by Gasteiger charge is -2.17. The predicted molar refractivity (Wildman–Crippen MR) is 85.9 cm³/mol. The number of Topliss-reactive ketones (excluding diaryl/α,β-unsaturated/α-hetero) is 1. The number of carbonyl (C=O) groups excluding carboxylic acids is 2. The third kappa shape index (κ3) is 1.83. The van der Waals surface area contributed by atoms with Crippen LogP contribution in [0.2, 0.25) is 0 Å². The summed E-state index contributed by atoms with van der Waals surface area (Å²) in [6, 6.07) is 21.2. The van der Waals surface area contributed by atoms with E-state index in [0.717, 1.165) is 16.3 Å². The molecule has 1 heterocycles. The smallest absolute Gasteiger partial charge is 0.299 e. The van der Waals surface area contributed by atoms with Crippen molar-refractivity contribution >= 4 is 28.2 Å². The molecule has 0 radical (unpaired) electrons. The minimum atomic E-state index is -0.450. The fourth-order valence-corrected chi connectivity index (χ4v) is 3.01. The molecule has 0 N–H and O–H groups in total. The van der Waals surface area contributed by atoms with Crippen molar-refractivity contribution in [1.82, 2.24) is 0 Å². The minimum Gasteiger partial charge on any atom is -0.300 e. The molecule has 1 amide bonds. The number of hydrogen-bond donors (Lipinski definition) is 0. The summed E-state index contributed by atoms with van der Waals surface area (Å²) in [5, 5.41) is 2.24. The molecule has 0 aliphatic carbocycles. The Morgan fingerprint density at radius 2 is 1.50 bits per heavy atom. The summed E-state index contributed by atoms with van der Waals surface area (Å²) in [5.41, 5.74) is 2.23. The van der Waals surface area contributed by atoms with Crippen LogP contribution in [0.3, 0.4) is 0 Å². The molecule has 0 bridgehead atoms. The molecule has 3 nitrogen and oxygen atoms in total. The van der Waals surface area contributed by atoms with Gasteiger partial charge in [-0.1, -0.05) is 54.6 Å². The highest BCUT2D eigenvalue weighted by Crippen LogP contribution is 2.31. The number of carbonyl (C=O) groups is 2. The average Bonchev–Trinajstić information content (AvgIpc) is 2.81. The van der Waals surface area contributed by atoms with Gasteiger partial charge >= 0.3 is 0 Å². The minimum absolute atomic E-state index is 0.406. The highest BCUT2D eigenvalue weighted by Gasteiger charge is 2.35. The lowest BCUT2D eigenvalue weighted by molar-refractivity contribution is -0.114. The van der Waals surface area contributed by atoms with Gasteiger partial charge in [0.25, 0.3) is 11.7 Å². The van der Waals surface area contributed by atoms with E-state index in [-0.39, 0.29) is 0 Å². The zero-order valence-corrected chi connectivity index (χ0v) is 11.8. The number of para-hydroxylation sites is 1. The van der Waals surface area contributed by atoms with E-state index >= 15 is 0 Å². The van der Waals surface area contributed by atoms with Crippen molar-refractivity contribution in [3.63, 3.8) is 0 Å². The summed E-state index contributed by atoms with van der Waals surface area (Å²) >= 11 is 0. The van der Waals surface area contributed by atoms with Gasteiger partial charge in [-0.05, 0) is 28.5 Å². The van der Waals surface area contributed by atoms with Gasteiger partial charge in [0.2, 0.25) is 0 Å². The maximum absolute atomic E-state index is 12.3. The van der Waals surface area contributed by atoms with Crippen LogP contribution >= 0.6 is 0 Å². The molecule has 0 unspecified atom stereocenters. The number of amides is 1. The van der Waals surface area contributed by atoms with Crippen LogP contribution in [0.25, 0.3) is 10.8 Å². The van der Waals surface area contributed by atoms with Crippen LogP contribution in [0.15, 0.2) is 66.7 Å². The first kappa shape index (κ1) is 12.8. The van der Waals surface area contributed by atoms with Crippen LogP contribution in [0.4, 0.5) is 5.69 Å². The van der Waals surface area contributed by atoms with Gasteiger partial charge in [0.15, 0.2) is 0 Å². The van der Waals surface area contributed by atoms with Gasteiger partial charge in [-0.3, -0.25) is 9.59 Å². The second kappa shape index (κ2) is 4.81. The molecule has 3 heteroatoms. The van der Waals surface area contributed by atoms with Crippen LogP contribution in [0.5, 0.6) is 0 Å². The largest absolute Gasteiger partial charge is 0.300 e. The molecule has 3 aromatic carbocycles. The summed E-state index contributed by atoms with van der Waals surface area (Å²) in [5.74, 6) is -0.870. The lowest BCUT2D eigenvalue weighted by Crippen LogP contribution is -2.29. The summed E-state index contributed by atoms with van der Waals surface area (Å²) in [6.07, 6.45) is 0. The molecule has 0 saturated carbocycles. The quantitative estimate of drug-likeness (QED) is 0.676. The second-order valence-electron chi connectivity index (χ2n) is 5.38. The Balaban J connectivity index is 1.80. The molecule has 4 rings (SSSR count). The Morgan fingerprint density at radius 1 is 0.773 bits per heavy atom. The van der Waals surface area contributed by atoms with Gasteiger partial charge in [-0.25, -0.2) is 0 Å². The van der Waals surface area contributed by atoms with E-state index in [1.807, 2.05) is 54.6 Å².